The first kappa shape index (κ1) is 17.3. The summed E-state index contributed by atoms with van der Waals surface area (Å²) in [6.07, 6.45) is 1.58. The molecule has 0 aliphatic heterocycles. The number of methoxy groups -OCH3 is 1. The predicted molar refractivity (Wildman–Crippen MR) is 99.9 cm³/mol. The summed E-state index contributed by atoms with van der Waals surface area (Å²) >= 11 is 12.0. The lowest BCUT2D eigenvalue weighted by atomic mass is 10.2. The maximum atomic E-state index is 12.3. The van der Waals surface area contributed by atoms with Gasteiger partial charge in [0.25, 0.3) is 0 Å². The van der Waals surface area contributed by atoms with Crippen molar-refractivity contribution in [2.45, 2.75) is 6.54 Å². The number of aromatic nitrogens is 1. The Morgan fingerprint density at radius 1 is 1.16 bits per heavy atom. The molecule has 1 heterocycles. The number of hydrogen-bond acceptors (Lipinski definition) is 3. The molecule has 1 aromatic heterocycles. The molecule has 0 radical (unpaired) electrons. The van der Waals surface area contributed by atoms with Gasteiger partial charge in [0, 0.05) is 28.4 Å². The Morgan fingerprint density at radius 2 is 1.96 bits per heavy atom. The number of hydrogen-bond donors (Lipinski definition) is 1. The fourth-order valence-electron chi connectivity index (χ4n) is 2.52. The lowest BCUT2D eigenvalue weighted by molar-refractivity contribution is -0.116. The summed E-state index contributed by atoms with van der Waals surface area (Å²) < 4.78 is 6.77. The number of carbonyl (C=O) groups is 1. The maximum Gasteiger partial charge on any atom is 0.244 e. The van der Waals surface area contributed by atoms with Gasteiger partial charge in [0.1, 0.15) is 12.3 Å². The zero-order chi connectivity index (χ0) is 18.0. The SMILES string of the molecule is COc1ccc(NC(=O)Cn2ccc(=O)c3cc(Cl)ccc32)cc1Cl. The van der Waals surface area contributed by atoms with Crippen LogP contribution in [0, 0.1) is 0 Å². The number of fused-ring (bicyclic) bond motifs is 1. The van der Waals surface area contributed by atoms with Crippen LogP contribution < -0.4 is 15.5 Å². The average molecular weight is 377 g/mol. The predicted octanol–water partition coefficient (Wildman–Crippen LogP) is 3.96. The second-order valence-electron chi connectivity index (χ2n) is 5.37. The van der Waals surface area contributed by atoms with Crippen molar-refractivity contribution in [2.24, 2.45) is 0 Å². The van der Waals surface area contributed by atoms with Crippen LogP contribution in [-0.4, -0.2) is 17.6 Å². The van der Waals surface area contributed by atoms with Crippen molar-refractivity contribution >= 4 is 45.7 Å². The topological polar surface area (TPSA) is 60.3 Å². The Labute approximate surface area is 153 Å². The lowest BCUT2D eigenvalue weighted by Crippen LogP contribution is -2.20. The van der Waals surface area contributed by atoms with Crippen LogP contribution in [0.15, 0.2) is 53.5 Å². The summed E-state index contributed by atoms with van der Waals surface area (Å²) in [5.74, 6) is 0.282. The first-order valence-electron chi connectivity index (χ1n) is 7.40. The molecule has 5 nitrogen and oxygen atoms in total. The third kappa shape index (κ3) is 3.78. The number of benzene rings is 2. The monoisotopic (exact) mass is 376 g/mol. The van der Waals surface area contributed by atoms with Gasteiger partial charge in [-0.05, 0) is 36.4 Å². The maximum absolute atomic E-state index is 12.3. The van der Waals surface area contributed by atoms with E-state index < -0.39 is 0 Å². The van der Waals surface area contributed by atoms with E-state index in [4.69, 9.17) is 27.9 Å². The Balaban J connectivity index is 1.84. The normalized spacial score (nSPS) is 10.7. The van der Waals surface area contributed by atoms with Gasteiger partial charge in [0.15, 0.2) is 5.43 Å². The summed E-state index contributed by atoms with van der Waals surface area (Å²) in [6, 6.07) is 11.4. The molecule has 128 valence electrons. The number of carbonyl (C=O) groups excluding carboxylic acids is 1. The first-order chi connectivity index (χ1) is 12.0. The zero-order valence-electron chi connectivity index (χ0n) is 13.3. The Kier molecular flexibility index (Phi) is 4.97. The molecule has 0 atom stereocenters. The largest absolute Gasteiger partial charge is 0.495 e. The number of ether oxygens (including phenoxy) is 1. The second kappa shape index (κ2) is 7.17. The number of rotatable bonds is 4. The lowest BCUT2D eigenvalue weighted by Gasteiger charge is -2.12. The summed E-state index contributed by atoms with van der Waals surface area (Å²) in [4.78, 5) is 24.3. The molecular formula is C18H14Cl2N2O3. The van der Waals surface area contributed by atoms with Crippen molar-refractivity contribution in [3.05, 3.63) is 68.9 Å². The van der Waals surface area contributed by atoms with E-state index >= 15 is 0 Å². The van der Waals surface area contributed by atoms with Gasteiger partial charge in [-0.15, -0.1) is 0 Å². The molecule has 3 aromatic rings. The molecule has 3 rings (SSSR count). The fourth-order valence-corrected chi connectivity index (χ4v) is 2.95. The molecule has 1 amide bonds. The summed E-state index contributed by atoms with van der Waals surface area (Å²) in [5.41, 5.74) is 1.06. The van der Waals surface area contributed by atoms with Gasteiger partial charge in [0.05, 0.1) is 17.6 Å². The standard InChI is InChI=1S/C18H14Cl2N2O3/c1-25-17-5-3-12(9-14(17)20)21-18(24)10-22-7-6-16(23)13-8-11(19)2-4-15(13)22/h2-9H,10H2,1H3,(H,21,24). The Bertz CT molecular complexity index is 1010. The molecule has 0 spiro atoms. The van der Waals surface area contributed by atoms with Gasteiger partial charge in [-0.3, -0.25) is 9.59 Å². The number of halogens is 2. The quantitative estimate of drug-likeness (QED) is 0.749. The van der Waals surface area contributed by atoms with Crippen LogP contribution in [0.4, 0.5) is 5.69 Å². The van der Waals surface area contributed by atoms with Crippen molar-refractivity contribution in [3.63, 3.8) is 0 Å². The minimum atomic E-state index is -0.249. The molecule has 7 heteroatoms. The van der Waals surface area contributed by atoms with Crippen molar-refractivity contribution < 1.29 is 9.53 Å². The molecule has 0 unspecified atom stereocenters. The third-order valence-corrected chi connectivity index (χ3v) is 4.22. The Morgan fingerprint density at radius 3 is 2.68 bits per heavy atom. The molecular weight excluding hydrogens is 363 g/mol. The molecule has 0 saturated carbocycles. The molecule has 0 saturated heterocycles. The van der Waals surface area contributed by atoms with E-state index in [-0.39, 0.29) is 17.9 Å². The summed E-state index contributed by atoms with van der Waals surface area (Å²) in [6.45, 7) is 0.0437. The zero-order valence-corrected chi connectivity index (χ0v) is 14.8. The van der Waals surface area contributed by atoms with Gasteiger partial charge >= 0.3 is 0 Å². The van der Waals surface area contributed by atoms with Crippen LogP contribution in [-0.2, 0) is 11.3 Å². The van der Waals surface area contributed by atoms with E-state index in [9.17, 15) is 9.59 Å². The van der Waals surface area contributed by atoms with Gasteiger partial charge in [-0.1, -0.05) is 23.2 Å². The van der Waals surface area contributed by atoms with Crippen LogP contribution in [0.25, 0.3) is 10.9 Å². The second-order valence-corrected chi connectivity index (χ2v) is 6.21. The molecule has 0 aliphatic carbocycles. The first-order valence-corrected chi connectivity index (χ1v) is 8.15. The summed E-state index contributed by atoms with van der Waals surface area (Å²) in [7, 11) is 1.52. The minimum absolute atomic E-state index is 0.0437. The van der Waals surface area contributed by atoms with Gasteiger partial charge < -0.3 is 14.6 Å². The summed E-state index contributed by atoms with van der Waals surface area (Å²) in [5, 5.41) is 4.12. The van der Waals surface area contributed by atoms with E-state index in [0.29, 0.717) is 32.4 Å². The van der Waals surface area contributed by atoms with Gasteiger partial charge in [-0.25, -0.2) is 0 Å². The van der Waals surface area contributed by atoms with Crippen LogP contribution in [0.5, 0.6) is 5.75 Å². The van der Waals surface area contributed by atoms with E-state index in [1.54, 1.807) is 47.2 Å². The number of anilines is 1. The van der Waals surface area contributed by atoms with Gasteiger partial charge in [-0.2, -0.15) is 0 Å². The third-order valence-electron chi connectivity index (χ3n) is 3.69. The van der Waals surface area contributed by atoms with Crippen LogP contribution >= 0.6 is 23.2 Å². The fraction of sp³-hybridized carbons (Fsp3) is 0.111. The Hall–Kier alpha value is -2.50. The van der Waals surface area contributed by atoms with Gasteiger partial charge in [0.2, 0.25) is 5.91 Å². The number of nitrogens with zero attached hydrogens (tertiary/aromatic N) is 1. The number of nitrogens with one attached hydrogen (secondary N) is 1. The highest BCUT2D eigenvalue weighted by molar-refractivity contribution is 6.32. The molecule has 0 bridgehead atoms. The highest BCUT2D eigenvalue weighted by Gasteiger charge is 2.09. The van der Waals surface area contributed by atoms with Crippen LogP contribution in [0.1, 0.15) is 0 Å². The van der Waals surface area contributed by atoms with Crippen molar-refractivity contribution in [1.82, 2.24) is 4.57 Å². The van der Waals surface area contributed by atoms with Crippen molar-refractivity contribution in [3.8, 4) is 5.75 Å². The molecule has 0 aliphatic rings. The van der Waals surface area contributed by atoms with Crippen LogP contribution in [0.2, 0.25) is 10.0 Å². The molecule has 0 fully saturated rings. The van der Waals surface area contributed by atoms with E-state index in [1.165, 1.54) is 13.2 Å². The average Bonchev–Trinajstić information content (AvgIpc) is 2.58. The molecule has 2 aromatic carbocycles. The highest BCUT2D eigenvalue weighted by atomic mass is 35.5. The highest BCUT2D eigenvalue weighted by Crippen LogP contribution is 2.27. The number of pyridine rings is 1. The molecule has 1 N–H and O–H groups in total. The van der Waals surface area contributed by atoms with Crippen molar-refractivity contribution in [1.29, 1.82) is 0 Å². The van der Waals surface area contributed by atoms with Crippen molar-refractivity contribution in [2.75, 3.05) is 12.4 Å². The van der Waals surface area contributed by atoms with Crippen LogP contribution in [0.3, 0.4) is 0 Å². The smallest absolute Gasteiger partial charge is 0.244 e. The van der Waals surface area contributed by atoms with E-state index in [2.05, 4.69) is 5.32 Å². The molecule has 25 heavy (non-hydrogen) atoms. The number of amides is 1. The van der Waals surface area contributed by atoms with E-state index in [1.807, 2.05) is 0 Å². The van der Waals surface area contributed by atoms with E-state index in [0.717, 1.165) is 0 Å². The minimum Gasteiger partial charge on any atom is -0.495 e.